The maximum absolute atomic E-state index is 3.82. The summed E-state index contributed by atoms with van der Waals surface area (Å²) in [4.78, 5) is 0. The van der Waals surface area contributed by atoms with Crippen LogP contribution in [0.4, 0.5) is 0 Å². The van der Waals surface area contributed by atoms with Crippen molar-refractivity contribution in [2.75, 3.05) is 6.54 Å². The Balaban J connectivity index is 2.75. The Kier molecular flexibility index (Phi) is 5.27. The van der Waals surface area contributed by atoms with E-state index in [-0.39, 0.29) is 0 Å². The molecule has 1 aromatic carbocycles. The fourth-order valence-electron chi connectivity index (χ4n) is 2.01. The Morgan fingerprint density at radius 3 is 2.75 bits per heavy atom. The summed E-state index contributed by atoms with van der Waals surface area (Å²) in [6.07, 6.45) is 4.12. The van der Waals surface area contributed by atoms with Gasteiger partial charge in [-0.2, -0.15) is 0 Å². The first kappa shape index (κ1) is 13.0. The van der Waals surface area contributed by atoms with Gasteiger partial charge in [0.2, 0.25) is 0 Å². The highest BCUT2D eigenvalue weighted by Crippen LogP contribution is 2.14. The van der Waals surface area contributed by atoms with Crippen molar-refractivity contribution in [3.63, 3.8) is 0 Å². The number of aryl methyl sites for hydroxylation is 2. The molecule has 0 heterocycles. The summed E-state index contributed by atoms with van der Waals surface area (Å²) in [6, 6.07) is 7.20. The number of hydrogen-bond donors (Lipinski definition) is 1. The summed E-state index contributed by atoms with van der Waals surface area (Å²) >= 11 is 0. The monoisotopic (exact) mass is 217 g/mol. The lowest BCUT2D eigenvalue weighted by Gasteiger charge is -2.17. The van der Waals surface area contributed by atoms with E-state index in [9.17, 15) is 0 Å². The predicted molar refractivity (Wildman–Crippen MR) is 71.9 cm³/mol. The molecule has 0 aliphatic carbocycles. The van der Waals surface area contributed by atoms with E-state index >= 15 is 0 Å². The Labute approximate surface area is 99.6 Å². The molecule has 0 saturated heterocycles. The van der Waals surface area contributed by atoms with Gasteiger partial charge in [0.15, 0.2) is 0 Å². The van der Waals surface area contributed by atoms with Gasteiger partial charge in [-0.3, -0.25) is 0 Å². The quantitative estimate of drug-likeness (QED) is 0.720. The average molecular weight is 217 g/mol. The molecule has 0 radical (unpaired) electrons. The molecular formula is C15H23N. The zero-order chi connectivity index (χ0) is 12.0. The summed E-state index contributed by atoms with van der Waals surface area (Å²) in [5, 5.41) is 3.51. The van der Waals surface area contributed by atoms with Crippen LogP contribution in [0.3, 0.4) is 0 Å². The first-order valence-electron chi connectivity index (χ1n) is 6.07. The van der Waals surface area contributed by atoms with Crippen molar-refractivity contribution in [1.82, 2.24) is 5.32 Å². The summed E-state index contributed by atoms with van der Waals surface area (Å²) in [7, 11) is 0. The van der Waals surface area contributed by atoms with E-state index in [0.717, 1.165) is 19.4 Å². The minimum Gasteiger partial charge on any atom is -0.314 e. The normalized spacial score (nSPS) is 12.4. The van der Waals surface area contributed by atoms with Gasteiger partial charge in [0, 0.05) is 6.04 Å². The van der Waals surface area contributed by atoms with Crippen molar-refractivity contribution in [2.45, 2.75) is 39.7 Å². The molecule has 1 heteroatoms. The highest BCUT2D eigenvalue weighted by Gasteiger charge is 2.08. The van der Waals surface area contributed by atoms with Crippen molar-refractivity contribution in [3.8, 4) is 0 Å². The molecule has 0 spiro atoms. The van der Waals surface area contributed by atoms with Gasteiger partial charge in [0.05, 0.1) is 0 Å². The molecule has 1 nitrogen and oxygen atoms in total. The third kappa shape index (κ3) is 3.82. The summed E-state index contributed by atoms with van der Waals surface area (Å²) < 4.78 is 0. The van der Waals surface area contributed by atoms with Gasteiger partial charge in [-0.25, -0.2) is 0 Å². The number of likely N-dealkylation sites (N-methyl/N-ethyl adjacent to an activating group) is 1. The van der Waals surface area contributed by atoms with E-state index in [0.29, 0.717) is 6.04 Å². The first-order chi connectivity index (χ1) is 7.67. The van der Waals surface area contributed by atoms with Gasteiger partial charge in [0.1, 0.15) is 0 Å². The van der Waals surface area contributed by atoms with Crippen LogP contribution in [0, 0.1) is 13.8 Å². The fraction of sp³-hybridized carbons (Fsp3) is 0.467. The Bertz CT molecular complexity index is 341. The van der Waals surface area contributed by atoms with E-state index in [1.807, 2.05) is 6.08 Å². The molecule has 0 saturated carbocycles. The maximum atomic E-state index is 3.82. The van der Waals surface area contributed by atoms with Crippen LogP contribution in [-0.2, 0) is 6.42 Å². The molecule has 0 amide bonds. The first-order valence-corrected chi connectivity index (χ1v) is 6.07. The molecule has 1 atom stereocenters. The van der Waals surface area contributed by atoms with Crippen LogP contribution in [0.25, 0.3) is 0 Å². The van der Waals surface area contributed by atoms with Crippen LogP contribution < -0.4 is 5.32 Å². The summed E-state index contributed by atoms with van der Waals surface area (Å²) in [6.45, 7) is 11.3. The lowest BCUT2D eigenvalue weighted by Crippen LogP contribution is -2.30. The van der Waals surface area contributed by atoms with Gasteiger partial charge >= 0.3 is 0 Å². The lowest BCUT2D eigenvalue weighted by atomic mass is 9.97. The predicted octanol–water partition coefficient (Wildman–Crippen LogP) is 3.40. The van der Waals surface area contributed by atoms with E-state index in [4.69, 9.17) is 0 Å². The zero-order valence-corrected chi connectivity index (χ0v) is 10.7. The minimum absolute atomic E-state index is 0.517. The highest BCUT2D eigenvalue weighted by molar-refractivity contribution is 5.31. The zero-order valence-electron chi connectivity index (χ0n) is 10.7. The molecule has 0 aromatic heterocycles. The highest BCUT2D eigenvalue weighted by atomic mass is 14.9. The third-order valence-corrected chi connectivity index (χ3v) is 2.91. The Morgan fingerprint density at radius 2 is 2.12 bits per heavy atom. The van der Waals surface area contributed by atoms with Crippen LogP contribution in [0.2, 0.25) is 0 Å². The second kappa shape index (κ2) is 6.49. The van der Waals surface area contributed by atoms with Gasteiger partial charge in [0.25, 0.3) is 0 Å². The van der Waals surface area contributed by atoms with Crippen molar-refractivity contribution >= 4 is 0 Å². The molecule has 0 aliphatic rings. The van der Waals surface area contributed by atoms with E-state index in [1.54, 1.807) is 0 Å². The smallest absolute Gasteiger partial charge is 0.0142 e. The second-order valence-electron chi connectivity index (χ2n) is 4.41. The molecule has 16 heavy (non-hydrogen) atoms. The van der Waals surface area contributed by atoms with Crippen LogP contribution in [0.5, 0.6) is 0 Å². The van der Waals surface area contributed by atoms with E-state index < -0.39 is 0 Å². The topological polar surface area (TPSA) is 12.0 Å². The standard InChI is InChI=1S/C15H23N/c1-5-7-15(16-6-2)11-14-10-12(3)8-9-13(14)4/h5,8-10,15-16H,1,6-7,11H2,2-4H3. The Morgan fingerprint density at radius 1 is 1.38 bits per heavy atom. The van der Waals surface area contributed by atoms with Crippen LogP contribution in [-0.4, -0.2) is 12.6 Å². The third-order valence-electron chi connectivity index (χ3n) is 2.91. The largest absolute Gasteiger partial charge is 0.314 e. The average Bonchev–Trinajstić information content (AvgIpc) is 2.24. The van der Waals surface area contributed by atoms with Crippen molar-refractivity contribution < 1.29 is 0 Å². The fourth-order valence-corrected chi connectivity index (χ4v) is 2.01. The molecule has 88 valence electrons. The van der Waals surface area contributed by atoms with Crippen molar-refractivity contribution in [1.29, 1.82) is 0 Å². The molecular weight excluding hydrogens is 194 g/mol. The SMILES string of the molecule is C=CCC(Cc1cc(C)ccc1C)NCC. The number of nitrogens with one attached hydrogen (secondary N) is 1. The van der Waals surface area contributed by atoms with Crippen LogP contribution in [0.1, 0.15) is 30.0 Å². The van der Waals surface area contributed by atoms with Crippen LogP contribution >= 0.6 is 0 Å². The lowest BCUT2D eigenvalue weighted by molar-refractivity contribution is 0.528. The van der Waals surface area contributed by atoms with E-state index in [1.165, 1.54) is 16.7 Å². The number of hydrogen-bond acceptors (Lipinski definition) is 1. The Hall–Kier alpha value is -1.08. The number of rotatable bonds is 6. The van der Waals surface area contributed by atoms with Gasteiger partial charge < -0.3 is 5.32 Å². The summed E-state index contributed by atoms with van der Waals surface area (Å²) in [5.41, 5.74) is 4.18. The van der Waals surface area contributed by atoms with Crippen LogP contribution in [0.15, 0.2) is 30.9 Å². The number of benzene rings is 1. The van der Waals surface area contributed by atoms with Gasteiger partial charge in [-0.05, 0) is 44.4 Å². The second-order valence-corrected chi connectivity index (χ2v) is 4.41. The van der Waals surface area contributed by atoms with Crippen molar-refractivity contribution in [2.24, 2.45) is 0 Å². The summed E-state index contributed by atoms with van der Waals surface area (Å²) in [5.74, 6) is 0. The molecule has 1 rings (SSSR count). The molecule has 0 aliphatic heterocycles. The molecule has 0 fully saturated rings. The molecule has 1 unspecified atom stereocenters. The molecule has 1 aromatic rings. The molecule has 0 bridgehead atoms. The maximum Gasteiger partial charge on any atom is 0.0142 e. The van der Waals surface area contributed by atoms with Gasteiger partial charge in [-0.15, -0.1) is 6.58 Å². The minimum atomic E-state index is 0.517. The van der Waals surface area contributed by atoms with E-state index in [2.05, 4.69) is 50.9 Å². The van der Waals surface area contributed by atoms with Gasteiger partial charge in [-0.1, -0.05) is 36.8 Å². The van der Waals surface area contributed by atoms with Crippen molar-refractivity contribution in [3.05, 3.63) is 47.5 Å². The molecule has 1 N–H and O–H groups in total.